The molecular weight excluding hydrogens is 732 g/mol. The van der Waals surface area contributed by atoms with Gasteiger partial charge in [-0.3, -0.25) is 39.0 Å². The highest BCUT2D eigenvalue weighted by Crippen LogP contribution is 2.33. The number of piperazine rings is 1. The lowest BCUT2D eigenvalue weighted by molar-refractivity contribution is -0.136. The molecule has 296 valence electrons. The van der Waals surface area contributed by atoms with Crippen LogP contribution in [-0.2, 0) is 14.4 Å². The molecule has 0 aliphatic carbocycles. The van der Waals surface area contributed by atoms with Gasteiger partial charge in [0.2, 0.25) is 17.7 Å². The normalized spacial score (nSPS) is 17.4. The van der Waals surface area contributed by atoms with Crippen LogP contribution in [0.25, 0.3) is 11.0 Å². The zero-order valence-corrected chi connectivity index (χ0v) is 31.8. The number of nitrogens with one attached hydrogen (secondary N) is 3. The molecule has 5 amide bonds. The van der Waals surface area contributed by atoms with Crippen molar-refractivity contribution >= 4 is 63.7 Å². The Morgan fingerprint density at radius 3 is 2.42 bits per heavy atom. The van der Waals surface area contributed by atoms with Gasteiger partial charge < -0.3 is 30.0 Å². The maximum Gasteiger partial charge on any atom is 0.337 e. The average Bonchev–Trinajstić information content (AvgIpc) is 3.45. The van der Waals surface area contributed by atoms with Crippen LogP contribution in [0.3, 0.4) is 0 Å². The number of benzene rings is 3. The van der Waals surface area contributed by atoms with Gasteiger partial charge in [-0.25, -0.2) is 4.79 Å². The van der Waals surface area contributed by atoms with Gasteiger partial charge in [-0.15, -0.1) is 0 Å². The summed E-state index contributed by atoms with van der Waals surface area (Å²) >= 11 is 0. The van der Waals surface area contributed by atoms with Crippen molar-refractivity contribution in [3.05, 3.63) is 98.7 Å². The van der Waals surface area contributed by atoms with Crippen molar-refractivity contribution in [3.63, 3.8) is 0 Å². The summed E-state index contributed by atoms with van der Waals surface area (Å²) in [6.07, 6.45) is 2.64. The molecule has 15 nitrogen and oxygen atoms in total. The van der Waals surface area contributed by atoms with Gasteiger partial charge in [0, 0.05) is 68.6 Å². The highest BCUT2D eigenvalue weighted by Gasteiger charge is 2.45. The molecule has 7 rings (SSSR count). The number of anilines is 3. The first-order valence-electron chi connectivity index (χ1n) is 19.2. The van der Waals surface area contributed by atoms with Gasteiger partial charge in [0.1, 0.15) is 11.6 Å². The molecule has 0 radical (unpaired) electrons. The monoisotopic (exact) mass is 776 g/mol. The zero-order valence-electron chi connectivity index (χ0n) is 31.8. The topological polar surface area (TPSA) is 199 Å². The van der Waals surface area contributed by atoms with Crippen LogP contribution in [-0.4, -0.2) is 89.2 Å². The van der Waals surface area contributed by atoms with E-state index in [4.69, 9.17) is 4.42 Å². The summed E-state index contributed by atoms with van der Waals surface area (Å²) in [6, 6.07) is 15.4. The first-order valence-corrected chi connectivity index (χ1v) is 19.2. The summed E-state index contributed by atoms with van der Waals surface area (Å²) in [7, 11) is 0. The van der Waals surface area contributed by atoms with Gasteiger partial charge in [0.05, 0.1) is 28.1 Å². The highest BCUT2D eigenvalue weighted by atomic mass is 16.4. The Bertz CT molecular complexity index is 2350. The van der Waals surface area contributed by atoms with E-state index in [1.54, 1.807) is 42.5 Å². The van der Waals surface area contributed by atoms with Crippen LogP contribution in [0.1, 0.15) is 93.7 Å². The third kappa shape index (κ3) is 7.95. The molecule has 3 aliphatic heterocycles. The molecule has 3 aromatic carbocycles. The number of carbonyl (C=O) groups excluding carboxylic acids is 5. The predicted molar refractivity (Wildman–Crippen MR) is 212 cm³/mol. The first-order chi connectivity index (χ1) is 27.4. The SMILES string of the molecule is Cc1cc([C@@H](C)Nc2ccccc2C(=O)O)c2oc(N3CCN(C(=O)CCCCCNc4cccc5c4C(=O)N(C4CCC(=O)NC4=O)C5=O)CC3)cc(=O)c2c1. The second kappa shape index (κ2) is 16.3. The minimum atomic E-state index is -1.05. The number of unbranched alkanes of at least 4 members (excludes halogenated alkanes) is 2. The fourth-order valence-electron chi connectivity index (χ4n) is 7.80. The Balaban J connectivity index is 0.902. The molecule has 0 saturated carbocycles. The molecule has 4 N–H and O–H groups in total. The second-order valence-corrected chi connectivity index (χ2v) is 14.7. The lowest BCUT2D eigenvalue weighted by Gasteiger charge is -2.35. The Labute approximate surface area is 328 Å². The molecule has 4 aromatic rings. The van der Waals surface area contributed by atoms with Crippen molar-refractivity contribution in [2.24, 2.45) is 0 Å². The Kier molecular flexibility index (Phi) is 11.1. The van der Waals surface area contributed by atoms with E-state index in [0.29, 0.717) is 80.2 Å². The number of piperidine rings is 1. The summed E-state index contributed by atoms with van der Waals surface area (Å²) < 4.78 is 6.41. The van der Waals surface area contributed by atoms with E-state index in [1.165, 1.54) is 12.1 Å². The number of carboxylic acid groups (broad SMARTS) is 1. The zero-order chi connectivity index (χ0) is 40.4. The van der Waals surface area contributed by atoms with Gasteiger partial charge in [-0.2, -0.15) is 0 Å². The molecule has 0 bridgehead atoms. The number of aromatic carboxylic acids is 1. The van der Waals surface area contributed by atoms with Crippen LogP contribution in [0.2, 0.25) is 0 Å². The lowest BCUT2D eigenvalue weighted by atomic mass is 10.0. The molecular formula is C42H44N6O9. The van der Waals surface area contributed by atoms with E-state index < -0.39 is 35.6 Å². The number of carboxylic acids is 1. The van der Waals surface area contributed by atoms with Gasteiger partial charge in [0.15, 0.2) is 11.3 Å². The van der Waals surface area contributed by atoms with Crippen molar-refractivity contribution in [3.8, 4) is 0 Å². The number of fused-ring (bicyclic) bond motifs is 2. The predicted octanol–water partition coefficient (Wildman–Crippen LogP) is 4.70. The van der Waals surface area contributed by atoms with Crippen molar-refractivity contribution in [1.82, 2.24) is 15.1 Å². The number of aryl methyl sites for hydroxylation is 1. The van der Waals surface area contributed by atoms with Gasteiger partial charge in [-0.1, -0.05) is 30.7 Å². The maximum atomic E-state index is 13.4. The molecule has 1 aromatic heterocycles. The Morgan fingerprint density at radius 1 is 0.912 bits per heavy atom. The number of nitrogens with zero attached hydrogens (tertiary/aromatic N) is 3. The number of rotatable bonds is 13. The van der Waals surface area contributed by atoms with E-state index in [9.17, 15) is 38.7 Å². The number of hydrogen-bond donors (Lipinski definition) is 4. The largest absolute Gasteiger partial charge is 0.478 e. The molecule has 2 saturated heterocycles. The summed E-state index contributed by atoms with van der Waals surface area (Å²) in [5, 5.41) is 18.8. The summed E-state index contributed by atoms with van der Waals surface area (Å²) in [5.74, 6) is -2.80. The molecule has 4 heterocycles. The van der Waals surface area contributed by atoms with Crippen molar-refractivity contribution in [2.45, 2.75) is 64.5 Å². The number of imide groups is 2. The van der Waals surface area contributed by atoms with Crippen molar-refractivity contribution < 1.29 is 38.3 Å². The Morgan fingerprint density at radius 2 is 1.67 bits per heavy atom. The van der Waals surface area contributed by atoms with Crippen LogP contribution in [0.4, 0.5) is 17.3 Å². The highest BCUT2D eigenvalue weighted by molar-refractivity contribution is 6.25. The average molecular weight is 777 g/mol. The molecule has 57 heavy (non-hydrogen) atoms. The van der Waals surface area contributed by atoms with E-state index in [0.717, 1.165) is 22.4 Å². The van der Waals surface area contributed by atoms with Crippen molar-refractivity contribution in [2.75, 3.05) is 48.3 Å². The summed E-state index contributed by atoms with van der Waals surface area (Å²) in [6.45, 7) is 6.18. The lowest BCUT2D eigenvalue weighted by Crippen LogP contribution is -2.54. The number of hydrogen-bond acceptors (Lipinski definition) is 11. The third-order valence-corrected chi connectivity index (χ3v) is 10.8. The van der Waals surface area contributed by atoms with Crippen molar-refractivity contribution in [1.29, 1.82) is 0 Å². The minimum Gasteiger partial charge on any atom is -0.478 e. The third-order valence-electron chi connectivity index (χ3n) is 10.8. The van der Waals surface area contributed by atoms with E-state index >= 15 is 0 Å². The quantitative estimate of drug-likeness (QED) is 0.108. The molecule has 2 fully saturated rings. The first kappa shape index (κ1) is 38.8. The van der Waals surface area contributed by atoms with Crippen LogP contribution < -0.4 is 26.3 Å². The van der Waals surface area contributed by atoms with Gasteiger partial charge in [0.25, 0.3) is 11.8 Å². The summed E-state index contributed by atoms with van der Waals surface area (Å²) in [4.78, 5) is 93.5. The summed E-state index contributed by atoms with van der Waals surface area (Å²) in [5.41, 5.74) is 3.35. The Hall–Kier alpha value is -6.51. The fourth-order valence-corrected chi connectivity index (χ4v) is 7.80. The molecule has 15 heteroatoms. The van der Waals surface area contributed by atoms with Crippen LogP contribution in [0.15, 0.2) is 69.9 Å². The number of para-hydroxylation sites is 1. The van der Waals surface area contributed by atoms with E-state index in [2.05, 4.69) is 16.0 Å². The molecule has 1 unspecified atom stereocenters. The molecule has 0 spiro atoms. The number of carbonyl (C=O) groups is 6. The van der Waals surface area contributed by atoms with Gasteiger partial charge >= 0.3 is 5.97 Å². The minimum absolute atomic E-state index is 0.0420. The van der Waals surface area contributed by atoms with Crippen LogP contribution >= 0.6 is 0 Å². The fraction of sp³-hybridized carbons (Fsp3) is 0.357. The molecule has 3 aliphatic rings. The molecule has 2 atom stereocenters. The van der Waals surface area contributed by atoms with E-state index in [-0.39, 0.29) is 46.9 Å². The smallest absolute Gasteiger partial charge is 0.337 e. The maximum absolute atomic E-state index is 13.4. The van der Waals surface area contributed by atoms with Gasteiger partial charge in [-0.05, 0) is 69.0 Å². The van der Waals surface area contributed by atoms with Crippen LogP contribution in [0, 0.1) is 6.92 Å². The van der Waals surface area contributed by atoms with Crippen LogP contribution in [0.5, 0.6) is 0 Å². The number of amides is 5. The van der Waals surface area contributed by atoms with E-state index in [1.807, 2.05) is 29.7 Å². The second-order valence-electron chi connectivity index (χ2n) is 14.7. The standard InChI is InChI=1S/C42H44N6O9/c1-24-21-28(25(2)44-30-11-6-5-9-26(30)42(55)56)38-29(22-24)33(49)23-36(57-38)47-19-17-46(18-20-47)35(51)13-4-3-7-16-43-31-12-8-10-27-37(31)41(54)48(40(27)53)32-14-15-34(50)45-39(32)52/h5-6,8-12,21-23,25,32,43-44H,3-4,7,13-20H2,1-2H3,(H,55,56)(H,45,50,52)/t25-,32?/m1/s1.